The van der Waals surface area contributed by atoms with Gasteiger partial charge in [-0.3, -0.25) is 9.59 Å². The quantitative estimate of drug-likeness (QED) is 0.742. The van der Waals surface area contributed by atoms with E-state index in [4.69, 9.17) is 5.11 Å². The summed E-state index contributed by atoms with van der Waals surface area (Å²) >= 11 is 0. The molecule has 1 rings (SSSR count). The van der Waals surface area contributed by atoms with Crippen molar-refractivity contribution >= 4 is 11.9 Å². The van der Waals surface area contributed by atoms with E-state index >= 15 is 0 Å². The van der Waals surface area contributed by atoms with Crippen molar-refractivity contribution in [2.45, 2.75) is 33.1 Å². The van der Waals surface area contributed by atoms with Crippen LogP contribution in [0.3, 0.4) is 0 Å². The Labute approximate surface area is 109 Å². The van der Waals surface area contributed by atoms with Crippen LogP contribution in [0.4, 0.5) is 0 Å². The predicted molar refractivity (Wildman–Crippen MR) is 69.3 cm³/mol. The molecule has 0 aromatic carbocycles. The number of carboxylic acid groups (broad SMARTS) is 1. The molecule has 1 aliphatic heterocycles. The number of hydrogen-bond donors (Lipinski definition) is 2. The third-order valence-corrected chi connectivity index (χ3v) is 3.51. The molecule has 0 saturated carbocycles. The maximum atomic E-state index is 12.1. The number of carbonyl (C=O) groups is 2. The van der Waals surface area contributed by atoms with Crippen molar-refractivity contribution in [1.29, 1.82) is 0 Å². The van der Waals surface area contributed by atoms with E-state index in [0.29, 0.717) is 25.4 Å². The lowest BCUT2D eigenvalue weighted by molar-refractivity contribution is -0.143. The van der Waals surface area contributed by atoms with Gasteiger partial charge in [-0.05, 0) is 38.8 Å². The van der Waals surface area contributed by atoms with E-state index in [1.807, 2.05) is 6.92 Å². The maximum absolute atomic E-state index is 12.1. The summed E-state index contributed by atoms with van der Waals surface area (Å²) in [6.07, 6.45) is 2.74. The number of rotatable bonds is 6. The predicted octanol–water partition coefficient (Wildman–Crippen LogP) is 0.945. The van der Waals surface area contributed by atoms with Crippen LogP contribution >= 0.6 is 0 Å². The van der Waals surface area contributed by atoms with Gasteiger partial charge in [0.05, 0.1) is 5.92 Å². The molecule has 2 unspecified atom stereocenters. The molecule has 1 saturated heterocycles. The van der Waals surface area contributed by atoms with Crippen LogP contribution in [-0.4, -0.2) is 48.1 Å². The van der Waals surface area contributed by atoms with Crippen LogP contribution in [-0.2, 0) is 9.59 Å². The van der Waals surface area contributed by atoms with E-state index < -0.39 is 11.9 Å². The molecule has 1 heterocycles. The Morgan fingerprint density at radius 3 is 2.72 bits per heavy atom. The average Bonchev–Trinajstić information content (AvgIpc) is 2.36. The van der Waals surface area contributed by atoms with Crippen LogP contribution in [0.25, 0.3) is 0 Å². The first-order valence-corrected chi connectivity index (χ1v) is 6.75. The lowest BCUT2D eigenvalue weighted by atomic mass is 9.95. The monoisotopic (exact) mass is 256 g/mol. The number of carbonyl (C=O) groups excluding carboxylic acids is 1. The Bertz CT molecular complexity index is 288. The molecule has 2 N–H and O–H groups in total. The maximum Gasteiger partial charge on any atom is 0.308 e. The first kappa shape index (κ1) is 15.0. The molecule has 104 valence electrons. The van der Waals surface area contributed by atoms with E-state index in [2.05, 4.69) is 5.32 Å². The third kappa shape index (κ3) is 4.64. The van der Waals surface area contributed by atoms with Crippen LogP contribution in [0.15, 0.2) is 0 Å². The molecular formula is C13H24N2O3. The van der Waals surface area contributed by atoms with Gasteiger partial charge in [0.1, 0.15) is 0 Å². The summed E-state index contributed by atoms with van der Waals surface area (Å²) in [5, 5.41) is 12.2. The molecule has 5 nitrogen and oxygen atoms in total. The Balaban J connectivity index is 2.43. The molecule has 1 aliphatic rings. The van der Waals surface area contributed by atoms with Gasteiger partial charge in [0, 0.05) is 19.5 Å². The molecule has 0 aromatic heterocycles. The smallest absolute Gasteiger partial charge is 0.308 e. The fourth-order valence-corrected chi connectivity index (χ4v) is 2.29. The highest BCUT2D eigenvalue weighted by atomic mass is 16.4. The largest absolute Gasteiger partial charge is 0.481 e. The zero-order valence-electron chi connectivity index (χ0n) is 11.3. The van der Waals surface area contributed by atoms with Gasteiger partial charge in [0.2, 0.25) is 5.91 Å². The number of aliphatic carboxylic acids is 1. The minimum absolute atomic E-state index is 0.0827. The van der Waals surface area contributed by atoms with E-state index in [9.17, 15) is 9.59 Å². The van der Waals surface area contributed by atoms with Gasteiger partial charge in [-0.25, -0.2) is 0 Å². The van der Waals surface area contributed by atoms with Crippen LogP contribution in [0, 0.1) is 11.8 Å². The van der Waals surface area contributed by atoms with Gasteiger partial charge in [0.15, 0.2) is 0 Å². The van der Waals surface area contributed by atoms with Gasteiger partial charge in [0.25, 0.3) is 0 Å². The van der Waals surface area contributed by atoms with Crippen LogP contribution in [0.1, 0.15) is 33.1 Å². The number of nitrogens with one attached hydrogen (secondary N) is 1. The van der Waals surface area contributed by atoms with E-state index in [-0.39, 0.29) is 5.91 Å². The summed E-state index contributed by atoms with van der Waals surface area (Å²) in [5.41, 5.74) is 0. The van der Waals surface area contributed by atoms with Gasteiger partial charge in [-0.15, -0.1) is 0 Å². The fraction of sp³-hybridized carbons (Fsp3) is 0.846. The van der Waals surface area contributed by atoms with Crippen molar-refractivity contribution < 1.29 is 14.7 Å². The molecule has 0 spiro atoms. The molecule has 18 heavy (non-hydrogen) atoms. The Kier molecular flexibility index (Phi) is 6.12. The summed E-state index contributed by atoms with van der Waals surface area (Å²) < 4.78 is 0. The number of carboxylic acids is 1. The zero-order valence-corrected chi connectivity index (χ0v) is 11.3. The average molecular weight is 256 g/mol. The van der Waals surface area contributed by atoms with Gasteiger partial charge < -0.3 is 15.3 Å². The third-order valence-electron chi connectivity index (χ3n) is 3.51. The number of amides is 1. The SMILES string of the molecule is CCN(CC(C)C(=O)O)C(=O)CC1CCCNC1. The second-order valence-electron chi connectivity index (χ2n) is 5.09. The van der Waals surface area contributed by atoms with Gasteiger partial charge in [-0.2, -0.15) is 0 Å². The topological polar surface area (TPSA) is 69.6 Å². The standard InChI is InChI=1S/C13H24N2O3/c1-3-15(9-10(2)13(17)18)12(16)7-11-5-4-6-14-8-11/h10-11,14H,3-9H2,1-2H3,(H,17,18). The Morgan fingerprint density at radius 1 is 1.50 bits per heavy atom. The second-order valence-corrected chi connectivity index (χ2v) is 5.09. The molecule has 2 atom stereocenters. The normalized spacial score (nSPS) is 21.3. The summed E-state index contributed by atoms with van der Waals surface area (Å²) in [5.74, 6) is -0.862. The molecule has 0 aliphatic carbocycles. The first-order chi connectivity index (χ1) is 8.54. The van der Waals surface area contributed by atoms with Crippen molar-refractivity contribution in [3.63, 3.8) is 0 Å². The zero-order chi connectivity index (χ0) is 13.5. The second kappa shape index (κ2) is 7.36. The summed E-state index contributed by atoms with van der Waals surface area (Å²) in [4.78, 5) is 24.6. The summed E-state index contributed by atoms with van der Waals surface area (Å²) in [7, 11) is 0. The highest BCUT2D eigenvalue weighted by Gasteiger charge is 2.23. The number of hydrogen-bond acceptors (Lipinski definition) is 3. The lowest BCUT2D eigenvalue weighted by Gasteiger charge is -2.27. The van der Waals surface area contributed by atoms with Crippen molar-refractivity contribution in [2.75, 3.05) is 26.2 Å². The van der Waals surface area contributed by atoms with E-state index in [0.717, 1.165) is 25.9 Å². The minimum Gasteiger partial charge on any atom is -0.481 e. The fourth-order valence-electron chi connectivity index (χ4n) is 2.29. The van der Waals surface area contributed by atoms with Crippen molar-refractivity contribution in [3.05, 3.63) is 0 Å². The molecule has 1 amide bonds. The minimum atomic E-state index is -0.847. The summed E-state index contributed by atoms with van der Waals surface area (Å²) in [6.45, 7) is 6.36. The van der Waals surface area contributed by atoms with Crippen LogP contribution in [0.2, 0.25) is 0 Å². The van der Waals surface area contributed by atoms with E-state index in [1.54, 1.807) is 11.8 Å². The molecule has 1 fully saturated rings. The highest BCUT2D eigenvalue weighted by molar-refractivity contribution is 5.77. The van der Waals surface area contributed by atoms with Crippen molar-refractivity contribution in [2.24, 2.45) is 11.8 Å². The summed E-state index contributed by atoms with van der Waals surface area (Å²) in [6, 6.07) is 0. The van der Waals surface area contributed by atoms with Crippen molar-refractivity contribution in [1.82, 2.24) is 10.2 Å². The molecule has 0 bridgehead atoms. The molecular weight excluding hydrogens is 232 g/mol. The highest BCUT2D eigenvalue weighted by Crippen LogP contribution is 2.16. The van der Waals surface area contributed by atoms with Crippen LogP contribution in [0.5, 0.6) is 0 Å². The number of piperidine rings is 1. The molecule has 0 radical (unpaired) electrons. The van der Waals surface area contributed by atoms with Crippen LogP contribution < -0.4 is 5.32 Å². The Morgan fingerprint density at radius 2 is 2.22 bits per heavy atom. The van der Waals surface area contributed by atoms with Gasteiger partial charge in [-0.1, -0.05) is 6.92 Å². The van der Waals surface area contributed by atoms with Crippen molar-refractivity contribution in [3.8, 4) is 0 Å². The van der Waals surface area contributed by atoms with E-state index in [1.165, 1.54) is 0 Å². The Hall–Kier alpha value is -1.10. The molecule has 0 aromatic rings. The lowest BCUT2D eigenvalue weighted by Crippen LogP contribution is -2.39. The molecule has 5 heteroatoms. The number of nitrogens with zero attached hydrogens (tertiary/aromatic N) is 1. The van der Waals surface area contributed by atoms with Gasteiger partial charge >= 0.3 is 5.97 Å². The first-order valence-electron chi connectivity index (χ1n) is 6.75.